The summed E-state index contributed by atoms with van der Waals surface area (Å²) in [5.41, 5.74) is 1.28. The van der Waals surface area contributed by atoms with Crippen molar-refractivity contribution in [2.45, 2.75) is 39.2 Å². The smallest absolute Gasteiger partial charge is 0.119 e. The molecule has 1 rings (SSSR count). The molecule has 2 N–H and O–H groups in total. The van der Waals surface area contributed by atoms with Gasteiger partial charge in [0.2, 0.25) is 0 Å². The van der Waals surface area contributed by atoms with E-state index < -0.39 is 0 Å². The Morgan fingerprint density at radius 1 is 1.17 bits per heavy atom. The summed E-state index contributed by atoms with van der Waals surface area (Å²) in [5, 5.41) is 12.0. The third kappa shape index (κ3) is 5.52. The standard InChI is InChI=1S/C15H25NO2/c1-3-16-13(2)14-7-9-15(10-8-14)18-12-6-4-5-11-17/h7-10,13,16-17H,3-6,11-12H2,1-2H3. The molecule has 0 aliphatic heterocycles. The maximum Gasteiger partial charge on any atom is 0.119 e. The third-order valence-electron chi connectivity index (χ3n) is 2.96. The van der Waals surface area contributed by atoms with E-state index in [1.54, 1.807) is 0 Å². The normalized spacial score (nSPS) is 12.4. The summed E-state index contributed by atoms with van der Waals surface area (Å²) in [6.07, 6.45) is 2.88. The zero-order valence-electron chi connectivity index (χ0n) is 11.5. The summed E-state index contributed by atoms with van der Waals surface area (Å²) in [5.74, 6) is 0.923. The Labute approximate surface area is 110 Å². The van der Waals surface area contributed by atoms with E-state index in [1.807, 2.05) is 12.1 Å². The van der Waals surface area contributed by atoms with Gasteiger partial charge in [-0.25, -0.2) is 0 Å². The minimum absolute atomic E-state index is 0.275. The number of rotatable bonds is 9. The molecule has 18 heavy (non-hydrogen) atoms. The molecule has 0 saturated heterocycles. The van der Waals surface area contributed by atoms with Crippen molar-refractivity contribution >= 4 is 0 Å². The first kappa shape index (κ1) is 15.0. The second-order valence-corrected chi connectivity index (χ2v) is 4.48. The molecule has 3 nitrogen and oxygen atoms in total. The first-order valence-corrected chi connectivity index (χ1v) is 6.85. The van der Waals surface area contributed by atoms with Crippen LogP contribution >= 0.6 is 0 Å². The highest BCUT2D eigenvalue weighted by Crippen LogP contribution is 2.17. The molecule has 0 amide bonds. The highest BCUT2D eigenvalue weighted by Gasteiger charge is 2.03. The van der Waals surface area contributed by atoms with Crippen LogP contribution in [-0.4, -0.2) is 24.9 Å². The second-order valence-electron chi connectivity index (χ2n) is 4.48. The molecule has 102 valence electrons. The molecule has 1 aromatic rings. The van der Waals surface area contributed by atoms with Gasteiger partial charge in [-0.15, -0.1) is 0 Å². The van der Waals surface area contributed by atoms with E-state index >= 15 is 0 Å². The van der Waals surface area contributed by atoms with E-state index in [4.69, 9.17) is 9.84 Å². The lowest BCUT2D eigenvalue weighted by Gasteiger charge is -2.13. The van der Waals surface area contributed by atoms with Crippen molar-refractivity contribution in [2.75, 3.05) is 19.8 Å². The van der Waals surface area contributed by atoms with E-state index in [-0.39, 0.29) is 6.61 Å². The molecule has 0 aliphatic rings. The SMILES string of the molecule is CCNC(C)c1ccc(OCCCCCO)cc1. The number of aliphatic hydroxyl groups is 1. The highest BCUT2D eigenvalue weighted by molar-refractivity contribution is 5.28. The van der Waals surface area contributed by atoms with E-state index in [0.717, 1.165) is 38.2 Å². The molecular weight excluding hydrogens is 226 g/mol. The second kappa shape index (κ2) is 8.95. The van der Waals surface area contributed by atoms with E-state index in [2.05, 4.69) is 31.3 Å². The average molecular weight is 251 g/mol. The van der Waals surface area contributed by atoms with E-state index in [0.29, 0.717) is 6.04 Å². The quantitative estimate of drug-likeness (QED) is 0.663. The van der Waals surface area contributed by atoms with Crippen LogP contribution in [0.5, 0.6) is 5.75 Å². The van der Waals surface area contributed by atoms with Crippen molar-refractivity contribution in [1.29, 1.82) is 0 Å². The van der Waals surface area contributed by atoms with Gasteiger partial charge < -0.3 is 15.2 Å². The number of aliphatic hydroxyl groups excluding tert-OH is 1. The number of unbranched alkanes of at least 4 members (excludes halogenated alkanes) is 2. The van der Waals surface area contributed by atoms with Gasteiger partial charge in [0, 0.05) is 12.6 Å². The van der Waals surface area contributed by atoms with Crippen LogP contribution < -0.4 is 10.1 Å². The van der Waals surface area contributed by atoms with Gasteiger partial charge in [-0.1, -0.05) is 19.1 Å². The predicted octanol–water partition coefficient (Wildman–Crippen LogP) is 2.90. The fourth-order valence-corrected chi connectivity index (χ4v) is 1.86. The summed E-state index contributed by atoms with van der Waals surface area (Å²) in [4.78, 5) is 0. The topological polar surface area (TPSA) is 41.5 Å². The van der Waals surface area contributed by atoms with Crippen LogP contribution in [0.4, 0.5) is 0 Å². The van der Waals surface area contributed by atoms with Crippen LogP contribution in [0.2, 0.25) is 0 Å². The van der Waals surface area contributed by atoms with E-state index in [9.17, 15) is 0 Å². The molecule has 1 aromatic carbocycles. The van der Waals surface area contributed by atoms with Gasteiger partial charge in [-0.05, 0) is 50.4 Å². The maximum absolute atomic E-state index is 8.66. The molecule has 0 bridgehead atoms. The van der Waals surface area contributed by atoms with Crippen LogP contribution in [0.1, 0.15) is 44.7 Å². The molecule has 0 spiro atoms. The number of benzene rings is 1. The van der Waals surface area contributed by atoms with Crippen molar-refractivity contribution in [2.24, 2.45) is 0 Å². The monoisotopic (exact) mass is 251 g/mol. The minimum atomic E-state index is 0.275. The van der Waals surface area contributed by atoms with Crippen molar-refractivity contribution in [3.8, 4) is 5.75 Å². The van der Waals surface area contributed by atoms with E-state index in [1.165, 1.54) is 5.56 Å². The largest absolute Gasteiger partial charge is 0.494 e. The lowest BCUT2D eigenvalue weighted by molar-refractivity contribution is 0.266. The Bertz CT molecular complexity index is 311. The fraction of sp³-hybridized carbons (Fsp3) is 0.600. The minimum Gasteiger partial charge on any atom is -0.494 e. The number of hydrogen-bond donors (Lipinski definition) is 2. The zero-order chi connectivity index (χ0) is 13.2. The lowest BCUT2D eigenvalue weighted by atomic mass is 10.1. The van der Waals surface area contributed by atoms with Gasteiger partial charge in [-0.2, -0.15) is 0 Å². The van der Waals surface area contributed by atoms with Crippen molar-refractivity contribution in [3.63, 3.8) is 0 Å². The lowest BCUT2D eigenvalue weighted by Crippen LogP contribution is -2.17. The van der Waals surface area contributed by atoms with Gasteiger partial charge in [0.05, 0.1) is 6.61 Å². The predicted molar refractivity (Wildman–Crippen MR) is 75.0 cm³/mol. The molecule has 0 radical (unpaired) electrons. The van der Waals surface area contributed by atoms with Gasteiger partial charge in [-0.3, -0.25) is 0 Å². The number of hydrogen-bond acceptors (Lipinski definition) is 3. The first-order valence-electron chi connectivity index (χ1n) is 6.85. The van der Waals surface area contributed by atoms with Gasteiger partial charge in [0.25, 0.3) is 0 Å². The van der Waals surface area contributed by atoms with Crippen LogP contribution in [0.25, 0.3) is 0 Å². The Morgan fingerprint density at radius 3 is 2.50 bits per heavy atom. The van der Waals surface area contributed by atoms with Crippen LogP contribution in [0.15, 0.2) is 24.3 Å². The van der Waals surface area contributed by atoms with Crippen LogP contribution in [0.3, 0.4) is 0 Å². The van der Waals surface area contributed by atoms with Crippen LogP contribution in [-0.2, 0) is 0 Å². The fourth-order valence-electron chi connectivity index (χ4n) is 1.86. The van der Waals surface area contributed by atoms with Gasteiger partial charge >= 0.3 is 0 Å². The molecule has 3 heteroatoms. The summed E-state index contributed by atoms with van der Waals surface area (Å²) < 4.78 is 5.65. The Kier molecular flexibility index (Phi) is 7.46. The van der Waals surface area contributed by atoms with Crippen LogP contribution in [0, 0.1) is 0 Å². The van der Waals surface area contributed by atoms with Crippen molar-refractivity contribution in [1.82, 2.24) is 5.32 Å². The molecule has 0 aromatic heterocycles. The first-order chi connectivity index (χ1) is 8.77. The Balaban J connectivity index is 2.31. The summed E-state index contributed by atoms with van der Waals surface area (Å²) >= 11 is 0. The molecule has 1 atom stereocenters. The molecule has 1 unspecified atom stereocenters. The summed E-state index contributed by atoms with van der Waals surface area (Å²) in [6, 6.07) is 8.64. The highest BCUT2D eigenvalue weighted by atomic mass is 16.5. The summed E-state index contributed by atoms with van der Waals surface area (Å²) in [6.45, 7) is 6.25. The maximum atomic E-state index is 8.66. The molecular formula is C15H25NO2. The van der Waals surface area contributed by atoms with Gasteiger partial charge in [0.15, 0.2) is 0 Å². The van der Waals surface area contributed by atoms with Crippen molar-refractivity contribution < 1.29 is 9.84 Å². The summed E-state index contributed by atoms with van der Waals surface area (Å²) in [7, 11) is 0. The molecule has 0 fully saturated rings. The number of nitrogens with one attached hydrogen (secondary N) is 1. The molecule has 0 aliphatic carbocycles. The van der Waals surface area contributed by atoms with Crippen molar-refractivity contribution in [3.05, 3.63) is 29.8 Å². The Hall–Kier alpha value is -1.06. The molecule has 0 heterocycles. The Morgan fingerprint density at radius 2 is 1.89 bits per heavy atom. The number of ether oxygens (including phenoxy) is 1. The average Bonchev–Trinajstić information content (AvgIpc) is 2.39. The molecule has 0 saturated carbocycles. The zero-order valence-corrected chi connectivity index (χ0v) is 11.5. The third-order valence-corrected chi connectivity index (χ3v) is 2.96. The van der Waals surface area contributed by atoms with Gasteiger partial charge in [0.1, 0.15) is 5.75 Å².